The van der Waals surface area contributed by atoms with Gasteiger partial charge in [-0.2, -0.15) is 0 Å². The van der Waals surface area contributed by atoms with E-state index in [1.54, 1.807) is 30.3 Å². The minimum absolute atomic E-state index is 0.0635. The first kappa shape index (κ1) is 14.6. The maximum atomic E-state index is 12.6. The number of hydrogen-bond acceptors (Lipinski definition) is 5. The van der Waals surface area contributed by atoms with Crippen LogP contribution in [0, 0.1) is 0 Å². The van der Waals surface area contributed by atoms with Crippen LogP contribution in [0.15, 0.2) is 51.7 Å². The lowest BCUT2D eigenvalue weighted by molar-refractivity contribution is 0.109. The lowest BCUT2D eigenvalue weighted by atomic mass is 10.00. The smallest absolute Gasteiger partial charge is 0.204 e. The second-order valence-electron chi connectivity index (χ2n) is 4.84. The average molecular weight is 306 g/mol. The number of benzene rings is 2. The number of carbonyl (C=O) groups excluding carboxylic acids is 3. The second-order valence-corrected chi connectivity index (χ2v) is 4.84. The molecule has 0 aliphatic carbocycles. The molecule has 3 rings (SSSR count). The predicted molar refractivity (Wildman–Crippen MR) is 84.1 cm³/mol. The molecule has 2 aromatic carbocycles. The average Bonchev–Trinajstić information content (AvgIpc) is 2.61. The maximum absolute atomic E-state index is 12.6. The van der Waals surface area contributed by atoms with Gasteiger partial charge in [-0.25, -0.2) is 0 Å². The van der Waals surface area contributed by atoms with E-state index in [-0.39, 0.29) is 33.4 Å². The van der Waals surface area contributed by atoms with Crippen LogP contribution in [0.3, 0.4) is 0 Å². The van der Waals surface area contributed by atoms with Crippen LogP contribution < -0.4 is 5.43 Å². The number of fused-ring (bicyclic) bond motifs is 1. The van der Waals surface area contributed by atoms with Crippen LogP contribution in [-0.2, 0) is 0 Å². The van der Waals surface area contributed by atoms with E-state index in [9.17, 15) is 19.2 Å². The molecule has 1 aromatic heterocycles. The molecule has 0 unspecified atom stereocenters. The Bertz CT molecular complexity index is 984. The van der Waals surface area contributed by atoms with Gasteiger partial charge in [0.05, 0.1) is 5.39 Å². The van der Waals surface area contributed by atoms with Gasteiger partial charge in [0.2, 0.25) is 5.43 Å². The van der Waals surface area contributed by atoms with Gasteiger partial charge in [0.15, 0.2) is 18.9 Å². The quantitative estimate of drug-likeness (QED) is 0.692. The summed E-state index contributed by atoms with van der Waals surface area (Å²) in [5.41, 5.74) is -0.105. The maximum Gasteiger partial charge on any atom is 0.204 e. The molecule has 5 nitrogen and oxygen atoms in total. The summed E-state index contributed by atoms with van der Waals surface area (Å²) in [6, 6.07) is 11.5. The summed E-state index contributed by atoms with van der Waals surface area (Å²) >= 11 is 0. The van der Waals surface area contributed by atoms with E-state index in [2.05, 4.69) is 0 Å². The van der Waals surface area contributed by atoms with Gasteiger partial charge in [-0.1, -0.05) is 30.3 Å². The third-order valence-electron chi connectivity index (χ3n) is 3.57. The monoisotopic (exact) mass is 306 g/mol. The fraction of sp³-hybridized carbons (Fsp3) is 0. The van der Waals surface area contributed by atoms with Crippen molar-refractivity contribution < 1.29 is 18.8 Å². The van der Waals surface area contributed by atoms with Crippen LogP contribution >= 0.6 is 0 Å². The zero-order valence-electron chi connectivity index (χ0n) is 11.8. The summed E-state index contributed by atoms with van der Waals surface area (Å²) in [5, 5.41) is -0.0635. The number of carbonyl (C=O) groups is 3. The topological polar surface area (TPSA) is 81.4 Å². The van der Waals surface area contributed by atoms with Crippen LogP contribution in [0.1, 0.15) is 31.1 Å². The van der Waals surface area contributed by atoms with Crippen molar-refractivity contribution in [2.24, 2.45) is 0 Å². The first-order valence-electron chi connectivity index (χ1n) is 6.76. The van der Waals surface area contributed by atoms with Gasteiger partial charge >= 0.3 is 0 Å². The molecule has 0 amide bonds. The van der Waals surface area contributed by atoms with E-state index in [4.69, 9.17) is 4.42 Å². The van der Waals surface area contributed by atoms with Crippen molar-refractivity contribution in [1.82, 2.24) is 0 Å². The van der Waals surface area contributed by atoms with Crippen molar-refractivity contribution in [1.29, 1.82) is 0 Å². The van der Waals surface area contributed by atoms with Gasteiger partial charge in [-0.05, 0) is 12.1 Å². The molecule has 0 aliphatic rings. The van der Waals surface area contributed by atoms with Crippen molar-refractivity contribution in [3.63, 3.8) is 0 Å². The number of aldehydes is 3. The van der Waals surface area contributed by atoms with E-state index >= 15 is 0 Å². The Hall–Kier alpha value is -3.34. The fourth-order valence-corrected chi connectivity index (χ4v) is 2.48. The van der Waals surface area contributed by atoms with E-state index in [0.717, 1.165) is 0 Å². The van der Waals surface area contributed by atoms with Gasteiger partial charge < -0.3 is 4.42 Å². The predicted octanol–water partition coefficient (Wildman–Crippen LogP) is 2.90. The molecule has 112 valence electrons. The van der Waals surface area contributed by atoms with Crippen LogP contribution in [0.4, 0.5) is 0 Å². The molecule has 0 bridgehead atoms. The molecule has 3 aromatic rings. The molecule has 0 saturated carbocycles. The summed E-state index contributed by atoms with van der Waals surface area (Å²) in [5.74, 6) is 0.133. The molecule has 0 spiro atoms. The second kappa shape index (κ2) is 5.81. The number of rotatable bonds is 4. The minimum atomic E-state index is -0.633. The number of hydrogen-bond donors (Lipinski definition) is 0. The molecule has 1 heterocycles. The summed E-state index contributed by atoms with van der Waals surface area (Å²) in [4.78, 5) is 46.3. The largest absolute Gasteiger partial charge is 0.455 e. The Kier molecular flexibility index (Phi) is 3.68. The van der Waals surface area contributed by atoms with E-state index in [1.165, 1.54) is 12.1 Å². The van der Waals surface area contributed by atoms with Gasteiger partial charge in [-0.15, -0.1) is 0 Å². The Balaban J connectivity index is 2.48. The highest BCUT2D eigenvalue weighted by molar-refractivity contribution is 6.05. The highest BCUT2D eigenvalue weighted by atomic mass is 16.3. The molecule has 0 atom stereocenters. The van der Waals surface area contributed by atoms with Crippen molar-refractivity contribution in [2.45, 2.75) is 0 Å². The normalized spacial score (nSPS) is 10.4. The fourth-order valence-electron chi connectivity index (χ4n) is 2.48. The SMILES string of the molecule is O=Cc1ccc2oc(-c3ccccc3)c(C=O)c(=O)c2c1C=O. The Morgan fingerprint density at radius 2 is 1.48 bits per heavy atom. The van der Waals surface area contributed by atoms with Crippen LogP contribution in [0.2, 0.25) is 0 Å². The zero-order chi connectivity index (χ0) is 16.4. The molecule has 0 N–H and O–H groups in total. The molecule has 23 heavy (non-hydrogen) atoms. The molecule has 5 heteroatoms. The molecular formula is C18H10O5. The van der Waals surface area contributed by atoms with Gasteiger partial charge in [-0.3, -0.25) is 19.2 Å². The minimum Gasteiger partial charge on any atom is -0.455 e. The first-order valence-corrected chi connectivity index (χ1v) is 6.76. The van der Waals surface area contributed by atoms with Gasteiger partial charge in [0, 0.05) is 16.7 Å². The lowest BCUT2D eigenvalue weighted by Crippen LogP contribution is -2.13. The molecular weight excluding hydrogens is 296 g/mol. The summed E-state index contributed by atoms with van der Waals surface area (Å²) in [6.07, 6.45) is 1.30. The Morgan fingerprint density at radius 3 is 2.09 bits per heavy atom. The lowest BCUT2D eigenvalue weighted by Gasteiger charge is -2.08. The van der Waals surface area contributed by atoms with Crippen molar-refractivity contribution in [3.05, 3.63) is 69.4 Å². The third-order valence-corrected chi connectivity index (χ3v) is 3.57. The van der Waals surface area contributed by atoms with Crippen molar-refractivity contribution >= 4 is 29.8 Å². The van der Waals surface area contributed by atoms with Crippen molar-refractivity contribution in [2.75, 3.05) is 0 Å². The van der Waals surface area contributed by atoms with Gasteiger partial charge in [0.25, 0.3) is 0 Å². The van der Waals surface area contributed by atoms with E-state index in [1.807, 2.05) is 0 Å². The van der Waals surface area contributed by atoms with E-state index in [0.29, 0.717) is 24.4 Å². The van der Waals surface area contributed by atoms with Crippen LogP contribution in [0.5, 0.6) is 0 Å². The Morgan fingerprint density at radius 1 is 0.783 bits per heavy atom. The molecule has 0 saturated heterocycles. The highest BCUT2D eigenvalue weighted by Crippen LogP contribution is 2.27. The molecule has 0 fully saturated rings. The summed E-state index contributed by atoms with van der Waals surface area (Å²) < 4.78 is 5.69. The van der Waals surface area contributed by atoms with Crippen LogP contribution in [-0.4, -0.2) is 18.9 Å². The highest BCUT2D eigenvalue weighted by Gasteiger charge is 2.19. The Labute approximate surface area is 130 Å². The summed E-state index contributed by atoms with van der Waals surface area (Å²) in [7, 11) is 0. The summed E-state index contributed by atoms with van der Waals surface area (Å²) in [6.45, 7) is 0. The zero-order valence-corrected chi connectivity index (χ0v) is 11.8. The molecule has 0 radical (unpaired) electrons. The van der Waals surface area contributed by atoms with Gasteiger partial charge in [0.1, 0.15) is 16.9 Å². The standard InChI is InChI=1S/C18H10O5/c19-8-12-6-7-15-16(13(12)9-20)17(22)14(10-21)18(23-15)11-4-2-1-3-5-11/h1-10H. The van der Waals surface area contributed by atoms with Crippen LogP contribution in [0.25, 0.3) is 22.3 Å². The van der Waals surface area contributed by atoms with Crippen molar-refractivity contribution in [3.8, 4) is 11.3 Å². The van der Waals surface area contributed by atoms with E-state index < -0.39 is 5.43 Å². The molecule has 0 aliphatic heterocycles. The third kappa shape index (κ3) is 2.28. The first-order chi connectivity index (χ1) is 11.2.